The van der Waals surface area contributed by atoms with E-state index in [1.54, 1.807) is 24.0 Å². The molecule has 1 saturated carbocycles. The number of rotatable bonds is 5. The minimum absolute atomic E-state index is 0.117. The molecule has 30 heavy (non-hydrogen) atoms. The predicted molar refractivity (Wildman–Crippen MR) is 108 cm³/mol. The molecule has 0 unspecified atom stereocenters. The van der Waals surface area contributed by atoms with Crippen LogP contribution in [-0.4, -0.2) is 26.5 Å². The molecule has 0 N–H and O–H groups in total. The van der Waals surface area contributed by atoms with Crippen LogP contribution < -0.4 is 5.56 Å². The highest BCUT2D eigenvalue weighted by molar-refractivity contribution is 7.99. The maximum absolute atomic E-state index is 12.9. The second kappa shape index (κ2) is 7.43. The molecule has 0 aromatic carbocycles. The van der Waals surface area contributed by atoms with Gasteiger partial charge in [-0.05, 0) is 42.4 Å². The third kappa shape index (κ3) is 3.79. The van der Waals surface area contributed by atoms with E-state index >= 15 is 0 Å². The Balaban J connectivity index is 1.81. The Labute approximate surface area is 174 Å². The molecule has 5 nitrogen and oxygen atoms in total. The Hall–Kier alpha value is -2.86. The molecule has 4 rings (SSSR count). The van der Waals surface area contributed by atoms with Gasteiger partial charge >= 0.3 is 6.18 Å². The van der Waals surface area contributed by atoms with Gasteiger partial charge in [0, 0.05) is 22.5 Å². The van der Waals surface area contributed by atoms with Gasteiger partial charge in [-0.2, -0.15) is 18.4 Å². The van der Waals surface area contributed by atoms with Gasteiger partial charge in [-0.3, -0.25) is 19.3 Å². The molecule has 0 saturated heterocycles. The fourth-order valence-corrected chi connectivity index (χ4v) is 4.23. The first-order valence-electron chi connectivity index (χ1n) is 9.38. The quantitative estimate of drug-likeness (QED) is 0.549. The van der Waals surface area contributed by atoms with E-state index < -0.39 is 23.7 Å². The lowest BCUT2D eigenvalue weighted by Crippen LogP contribution is -2.27. The highest BCUT2D eigenvalue weighted by Gasteiger charge is 2.45. The number of alkyl halides is 3. The predicted octanol–water partition coefficient (Wildman–Crippen LogP) is 4.69. The number of halogens is 3. The second-order valence-electron chi connectivity index (χ2n) is 7.20. The van der Waals surface area contributed by atoms with E-state index in [1.165, 1.54) is 12.3 Å². The number of thioether (sulfide) groups is 1. The van der Waals surface area contributed by atoms with Crippen molar-refractivity contribution in [2.24, 2.45) is 0 Å². The fraction of sp³-hybridized carbons (Fsp3) is 0.333. The van der Waals surface area contributed by atoms with Gasteiger partial charge in [-0.25, -0.2) is 0 Å². The lowest BCUT2D eigenvalue weighted by molar-refractivity contribution is -0.140. The highest BCUT2D eigenvalue weighted by Crippen LogP contribution is 2.48. The molecular formula is C21H17F3N4OS. The van der Waals surface area contributed by atoms with Crippen molar-refractivity contribution in [2.75, 3.05) is 5.75 Å². The summed E-state index contributed by atoms with van der Waals surface area (Å²) in [5.74, 6) is 0.788. The monoisotopic (exact) mass is 430 g/mol. The first kappa shape index (κ1) is 20.4. The van der Waals surface area contributed by atoms with E-state index in [0.29, 0.717) is 21.3 Å². The van der Waals surface area contributed by atoms with Crippen molar-refractivity contribution in [3.63, 3.8) is 0 Å². The van der Waals surface area contributed by atoms with E-state index in [1.807, 2.05) is 13.0 Å². The molecule has 0 radical (unpaired) electrons. The number of fused-ring (bicyclic) bond motifs is 1. The largest absolute Gasteiger partial charge is 0.406 e. The van der Waals surface area contributed by atoms with Gasteiger partial charge in [0.25, 0.3) is 5.56 Å². The Morgan fingerprint density at radius 2 is 2.00 bits per heavy atom. The number of hydrogen-bond donors (Lipinski definition) is 0. The smallest absolute Gasteiger partial charge is 0.298 e. The molecule has 3 aromatic heterocycles. The third-order valence-corrected chi connectivity index (χ3v) is 6.04. The van der Waals surface area contributed by atoms with Crippen molar-refractivity contribution >= 4 is 22.7 Å². The molecule has 154 valence electrons. The zero-order valence-corrected chi connectivity index (χ0v) is 16.8. The summed E-state index contributed by atoms with van der Waals surface area (Å²) in [5.41, 5.74) is 0.916. The standard InChI is InChI=1S/C21H17F3N4OS/c1-2-30-17-8-14(20(11-25)5-6-20)9-27-19(17)15-7-13-3-4-18(29)28(12-21(22,23)24)16(13)10-26-15/h3-4,7-10H,2,5-6,12H2,1H3. The van der Waals surface area contributed by atoms with E-state index in [0.717, 1.165) is 35.1 Å². The highest BCUT2D eigenvalue weighted by atomic mass is 32.2. The molecule has 3 heterocycles. The zero-order valence-electron chi connectivity index (χ0n) is 16.0. The van der Waals surface area contributed by atoms with Crippen molar-refractivity contribution in [3.05, 3.63) is 52.6 Å². The zero-order chi connectivity index (χ0) is 21.5. The summed E-state index contributed by atoms with van der Waals surface area (Å²) in [4.78, 5) is 21.7. The first-order chi connectivity index (χ1) is 14.3. The van der Waals surface area contributed by atoms with Crippen LogP contribution in [0, 0.1) is 11.3 Å². The Kier molecular flexibility index (Phi) is 5.06. The molecule has 1 aliphatic rings. The summed E-state index contributed by atoms with van der Waals surface area (Å²) < 4.78 is 39.3. The molecule has 0 bridgehead atoms. The Morgan fingerprint density at radius 1 is 1.23 bits per heavy atom. The van der Waals surface area contributed by atoms with Crippen molar-refractivity contribution < 1.29 is 13.2 Å². The summed E-state index contributed by atoms with van der Waals surface area (Å²) in [5, 5.41) is 9.93. The van der Waals surface area contributed by atoms with E-state index in [4.69, 9.17) is 0 Å². The van der Waals surface area contributed by atoms with E-state index in [9.17, 15) is 23.2 Å². The van der Waals surface area contributed by atoms with Crippen molar-refractivity contribution in [1.82, 2.24) is 14.5 Å². The average molecular weight is 430 g/mol. The molecule has 1 aliphatic carbocycles. The van der Waals surface area contributed by atoms with Crippen LogP contribution in [-0.2, 0) is 12.0 Å². The van der Waals surface area contributed by atoms with Crippen molar-refractivity contribution in [2.45, 2.75) is 42.8 Å². The maximum Gasteiger partial charge on any atom is 0.406 e. The topological polar surface area (TPSA) is 71.6 Å². The summed E-state index contributed by atoms with van der Waals surface area (Å²) >= 11 is 1.57. The molecule has 3 aromatic rings. The van der Waals surface area contributed by atoms with Crippen molar-refractivity contribution in [1.29, 1.82) is 5.26 Å². The van der Waals surface area contributed by atoms with Gasteiger partial charge < -0.3 is 0 Å². The average Bonchev–Trinajstić information content (AvgIpc) is 3.51. The van der Waals surface area contributed by atoms with Gasteiger partial charge in [0.15, 0.2) is 0 Å². The minimum Gasteiger partial charge on any atom is -0.298 e. The number of hydrogen-bond acceptors (Lipinski definition) is 5. The maximum atomic E-state index is 12.9. The van der Waals surface area contributed by atoms with Crippen LogP contribution in [0.15, 0.2) is 46.3 Å². The molecular weight excluding hydrogens is 413 g/mol. The minimum atomic E-state index is -4.52. The van der Waals surface area contributed by atoms with Gasteiger partial charge in [0.1, 0.15) is 12.2 Å². The lowest BCUT2D eigenvalue weighted by Gasteiger charge is -2.14. The normalized spacial score (nSPS) is 15.2. The summed E-state index contributed by atoms with van der Waals surface area (Å²) in [7, 11) is 0. The molecule has 0 aliphatic heterocycles. The van der Waals surface area contributed by atoms with Crippen LogP contribution >= 0.6 is 11.8 Å². The fourth-order valence-electron chi connectivity index (χ4n) is 3.42. The molecule has 9 heteroatoms. The number of aromatic nitrogens is 3. The Bertz CT molecular complexity index is 1230. The number of nitrogens with zero attached hydrogens (tertiary/aromatic N) is 4. The van der Waals surface area contributed by atoms with Gasteiger partial charge in [-0.15, -0.1) is 11.8 Å². The van der Waals surface area contributed by atoms with Gasteiger partial charge in [0.2, 0.25) is 0 Å². The number of nitriles is 1. The van der Waals surface area contributed by atoms with Gasteiger partial charge in [-0.1, -0.05) is 6.92 Å². The van der Waals surface area contributed by atoms with E-state index in [-0.39, 0.29) is 5.52 Å². The van der Waals surface area contributed by atoms with Crippen LogP contribution in [0.25, 0.3) is 22.3 Å². The van der Waals surface area contributed by atoms with Gasteiger partial charge in [0.05, 0.1) is 28.9 Å². The van der Waals surface area contributed by atoms with Crippen LogP contribution in [0.5, 0.6) is 0 Å². The van der Waals surface area contributed by atoms with Crippen LogP contribution in [0.3, 0.4) is 0 Å². The Morgan fingerprint density at radius 3 is 2.63 bits per heavy atom. The lowest BCUT2D eigenvalue weighted by atomic mass is 9.99. The van der Waals surface area contributed by atoms with Crippen LogP contribution in [0.2, 0.25) is 0 Å². The molecule has 1 fully saturated rings. The first-order valence-corrected chi connectivity index (χ1v) is 10.4. The molecule has 0 atom stereocenters. The summed E-state index contributed by atoms with van der Waals surface area (Å²) in [6, 6.07) is 8.58. The SMILES string of the molecule is CCSc1cc(C2(C#N)CC2)cnc1-c1cc2ccc(=O)n(CC(F)(F)F)c2cn1. The molecule has 0 spiro atoms. The van der Waals surface area contributed by atoms with Crippen LogP contribution in [0.4, 0.5) is 13.2 Å². The van der Waals surface area contributed by atoms with E-state index in [2.05, 4.69) is 16.0 Å². The van der Waals surface area contributed by atoms with Crippen LogP contribution in [0.1, 0.15) is 25.3 Å². The summed E-state index contributed by atoms with van der Waals surface area (Å²) in [6.45, 7) is 0.631. The number of pyridine rings is 3. The van der Waals surface area contributed by atoms with Crippen molar-refractivity contribution in [3.8, 4) is 17.5 Å². The molecule has 0 amide bonds. The third-order valence-electron chi connectivity index (χ3n) is 5.13. The summed E-state index contributed by atoms with van der Waals surface area (Å²) in [6.07, 6.45) is 0.0726. The second-order valence-corrected chi connectivity index (χ2v) is 8.50.